The number of rotatable bonds is 7. The Hall–Kier alpha value is -1.84. The highest BCUT2D eigenvalue weighted by Crippen LogP contribution is 2.37. The van der Waals surface area contributed by atoms with Crippen LogP contribution in [0.5, 0.6) is 0 Å². The number of hydrogen-bond donors (Lipinski definition) is 0. The fourth-order valence-electron chi connectivity index (χ4n) is 2.45. The molecule has 1 saturated carbocycles. The van der Waals surface area contributed by atoms with Crippen molar-refractivity contribution in [1.82, 2.24) is 0 Å². The first-order valence-corrected chi connectivity index (χ1v) is 8.26. The summed E-state index contributed by atoms with van der Waals surface area (Å²) in [5, 5.41) is 0. The SMILES string of the molecule is CC(C)(C)OC(=O)CC(CC1CC1)C(=O)OCc1ccccc1. The number of ether oxygens (including phenoxy) is 2. The Morgan fingerprint density at radius 1 is 1.17 bits per heavy atom. The lowest BCUT2D eigenvalue weighted by molar-refractivity contribution is -0.162. The smallest absolute Gasteiger partial charge is 0.309 e. The average molecular weight is 318 g/mol. The molecule has 0 radical (unpaired) electrons. The molecule has 1 unspecified atom stereocenters. The van der Waals surface area contributed by atoms with Crippen molar-refractivity contribution < 1.29 is 19.1 Å². The monoisotopic (exact) mass is 318 g/mol. The predicted molar refractivity (Wildman–Crippen MR) is 87.5 cm³/mol. The van der Waals surface area contributed by atoms with Gasteiger partial charge in [-0.05, 0) is 38.7 Å². The molecule has 1 aromatic carbocycles. The lowest BCUT2D eigenvalue weighted by Crippen LogP contribution is -2.28. The minimum absolute atomic E-state index is 0.0986. The van der Waals surface area contributed by atoms with E-state index in [9.17, 15) is 9.59 Å². The van der Waals surface area contributed by atoms with Crippen LogP contribution in [-0.2, 0) is 25.7 Å². The zero-order chi connectivity index (χ0) is 16.9. The van der Waals surface area contributed by atoms with E-state index in [1.54, 1.807) is 0 Å². The Bertz CT molecular complexity index is 526. The van der Waals surface area contributed by atoms with Crippen LogP contribution < -0.4 is 0 Å². The summed E-state index contributed by atoms with van der Waals surface area (Å²) in [6.45, 7) is 5.73. The van der Waals surface area contributed by atoms with E-state index in [0.717, 1.165) is 18.4 Å². The van der Waals surface area contributed by atoms with Crippen LogP contribution >= 0.6 is 0 Å². The molecule has 0 bridgehead atoms. The molecule has 1 aliphatic carbocycles. The lowest BCUT2D eigenvalue weighted by atomic mass is 9.98. The Labute approximate surface area is 138 Å². The molecule has 1 aromatic rings. The normalized spacial score (nSPS) is 15.8. The standard InChI is InChI=1S/C19H26O4/c1-19(2,3)23-17(20)12-16(11-14-9-10-14)18(21)22-13-15-7-5-4-6-8-15/h4-8,14,16H,9-13H2,1-3H3. The summed E-state index contributed by atoms with van der Waals surface area (Å²) in [6.07, 6.45) is 3.09. The maximum atomic E-state index is 12.4. The zero-order valence-corrected chi connectivity index (χ0v) is 14.2. The van der Waals surface area contributed by atoms with Crippen molar-refractivity contribution in [2.24, 2.45) is 11.8 Å². The number of carbonyl (C=O) groups is 2. The largest absolute Gasteiger partial charge is 0.461 e. The Balaban J connectivity index is 1.88. The van der Waals surface area contributed by atoms with Crippen molar-refractivity contribution in [3.8, 4) is 0 Å². The van der Waals surface area contributed by atoms with Gasteiger partial charge in [0.25, 0.3) is 0 Å². The molecule has 4 nitrogen and oxygen atoms in total. The Morgan fingerprint density at radius 2 is 1.83 bits per heavy atom. The van der Waals surface area contributed by atoms with Crippen LogP contribution in [0.2, 0.25) is 0 Å². The summed E-state index contributed by atoms with van der Waals surface area (Å²) in [5.41, 5.74) is 0.415. The highest BCUT2D eigenvalue weighted by Gasteiger charge is 2.33. The molecule has 0 heterocycles. The number of hydrogen-bond acceptors (Lipinski definition) is 4. The van der Waals surface area contributed by atoms with Gasteiger partial charge in [0, 0.05) is 0 Å². The van der Waals surface area contributed by atoms with Gasteiger partial charge in [-0.25, -0.2) is 0 Å². The topological polar surface area (TPSA) is 52.6 Å². The van der Waals surface area contributed by atoms with Crippen molar-refractivity contribution in [1.29, 1.82) is 0 Å². The molecule has 0 amide bonds. The molecule has 0 aromatic heterocycles. The van der Waals surface area contributed by atoms with Crippen molar-refractivity contribution >= 4 is 11.9 Å². The number of carbonyl (C=O) groups excluding carboxylic acids is 2. The first-order valence-electron chi connectivity index (χ1n) is 8.26. The van der Waals surface area contributed by atoms with Crippen LogP contribution in [0, 0.1) is 11.8 Å². The maximum absolute atomic E-state index is 12.4. The molecule has 1 aliphatic rings. The van der Waals surface area contributed by atoms with E-state index in [1.165, 1.54) is 0 Å². The van der Waals surface area contributed by atoms with Crippen molar-refractivity contribution in [2.75, 3.05) is 0 Å². The van der Waals surface area contributed by atoms with Crippen molar-refractivity contribution in [3.63, 3.8) is 0 Å². The van der Waals surface area contributed by atoms with Crippen LogP contribution in [0.4, 0.5) is 0 Å². The van der Waals surface area contributed by atoms with E-state index in [2.05, 4.69) is 0 Å². The third-order valence-corrected chi connectivity index (χ3v) is 3.71. The average Bonchev–Trinajstić information content (AvgIpc) is 3.27. The molecule has 0 spiro atoms. The zero-order valence-electron chi connectivity index (χ0n) is 14.2. The van der Waals surface area contributed by atoms with E-state index in [0.29, 0.717) is 12.3 Å². The summed E-state index contributed by atoms with van der Waals surface area (Å²) < 4.78 is 10.7. The number of esters is 2. The maximum Gasteiger partial charge on any atom is 0.309 e. The minimum Gasteiger partial charge on any atom is -0.461 e. The van der Waals surface area contributed by atoms with Gasteiger partial charge in [-0.1, -0.05) is 43.2 Å². The van der Waals surface area contributed by atoms with Gasteiger partial charge in [0.1, 0.15) is 12.2 Å². The molecule has 1 atom stereocenters. The molecular weight excluding hydrogens is 292 g/mol. The van der Waals surface area contributed by atoms with E-state index in [1.807, 2.05) is 51.1 Å². The third-order valence-electron chi connectivity index (χ3n) is 3.71. The molecule has 2 rings (SSSR count). The van der Waals surface area contributed by atoms with E-state index in [4.69, 9.17) is 9.47 Å². The second-order valence-corrected chi connectivity index (χ2v) is 7.26. The van der Waals surface area contributed by atoms with E-state index >= 15 is 0 Å². The first kappa shape index (κ1) is 17.5. The molecule has 126 valence electrons. The lowest BCUT2D eigenvalue weighted by Gasteiger charge is -2.21. The van der Waals surface area contributed by atoms with Crippen LogP contribution in [0.15, 0.2) is 30.3 Å². The highest BCUT2D eigenvalue weighted by atomic mass is 16.6. The van der Waals surface area contributed by atoms with Crippen LogP contribution in [0.1, 0.15) is 52.0 Å². The summed E-state index contributed by atoms with van der Waals surface area (Å²) in [6, 6.07) is 9.56. The fraction of sp³-hybridized carbons (Fsp3) is 0.579. The minimum atomic E-state index is -0.533. The van der Waals surface area contributed by atoms with Crippen LogP contribution in [0.3, 0.4) is 0 Å². The van der Waals surface area contributed by atoms with Gasteiger partial charge in [-0.3, -0.25) is 9.59 Å². The van der Waals surface area contributed by atoms with E-state index in [-0.39, 0.29) is 25.0 Å². The summed E-state index contributed by atoms with van der Waals surface area (Å²) in [4.78, 5) is 24.4. The summed E-state index contributed by atoms with van der Waals surface area (Å²) >= 11 is 0. The molecular formula is C19H26O4. The molecule has 4 heteroatoms. The van der Waals surface area contributed by atoms with Gasteiger partial charge in [0.2, 0.25) is 0 Å². The first-order chi connectivity index (χ1) is 10.8. The van der Waals surface area contributed by atoms with Crippen LogP contribution in [-0.4, -0.2) is 17.5 Å². The van der Waals surface area contributed by atoms with Gasteiger partial charge >= 0.3 is 11.9 Å². The van der Waals surface area contributed by atoms with Gasteiger partial charge in [0.05, 0.1) is 12.3 Å². The van der Waals surface area contributed by atoms with Gasteiger partial charge in [-0.15, -0.1) is 0 Å². The van der Waals surface area contributed by atoms with Crippen molar-refractivity contribution in [3.05, 3.63) is 35.9 Å². The Kier molecular flexibility index (Phi) is 5.80. The quantitative estimate of drug-likeness (QED) is 0.716. The predicted octanol–water partition coefficient (Wildman–Crippen LogP) is 3.88. The van der Waals surface area contributed by atoms with Crippen molar-refractivity contribution in [2.45, 2.75) is 58.7 Å². The molecule has 0 aliphatic heterocycles. The second-order valence-electron chi connectivity index (χ2n) is 7.26. The van der Waals surface area contributed by atoms with Gasteiger partial charge in [0.15, 0.2) is 0 Å². The second kappa shape index (κ2) is 7.62. The van der Waals surface area contributed by atoms with Gasteiger partial charge < -0.3 is 9.47 Å². The third kappa shape index (κ3) is 6.85. The van der Waals surface area contributed by atoms with E-state index < -0.39 is 11.5 Å². The molecule has 1 fully saturated rings. The highest BCUT2D eigenvalue weighted by molar-refractivity contribution is 5.80. The van der Waals surface area contributed by atoms with Crippen LogP contribution in [0.25, 0.3) is 0 Å². The number of benzene rings is 1. The molecule has 23 heavy (non-hydrogen) atoms. The molecule has 0 N–H and O–H groups in total. The molecule has 0 saturated heterocycles. The van der Waals surface area contributed by atoms with Gasteiger partial charge in [-0.2, -0.15) is 0 Å². The Morgan fingerprint density at radius 3 is 2.39 bits per heavy atom. The fourth-order valence-corrected chi connectivity index (χ4v) is 2.45. The summed E-state index contributed by atoms with van der Waals surface area (Å²) in [7, 11) is 0. The summed E-state index contributed by atoms with van der Waals surface area (Å²) in [5.74, 6) is -0.487.